The third kappa shape index (κ3) is 1.90. The van der Waals surface area contributed by atoms with Gasteiger partial charge in [-0.1, -0.05) is 0 Å². The second-order valence-electron chi connectivity index (χ2n) is 4.51. The first kappa shape index (κ1) is 12.2. The number of fused-ring (bicyclic) bond motifs is 1. The van der Waals surface area contributed by atoms with Crippen molar-refractivity contribution in [3.05, 3.63) is 46.2 Å². The molecular weight excluding hydrogens is 306 g/mol. The molecule has 96 valence electrons. The van der Waals surface area contributed by atoms with Gasteiger partial charge in [0.05, 0.1) is 11.1 Å². The van der Waals surface area contributed by atoms with Gasteiger partial charge in [0.1, 0.15) is 10.1 Å². The number of halogens is 1. The van der Waals surface area contributed by atoms with Crippen molar-refractivity contribution in [2.75, 3.05) is 0 Å². The van der Waals surface area contributed by atoms with E-state index in [0.29, 0.717) is 15.9 Å². The predicted molar refractivity (Wildman–Crippen MR) is 77.3 cm³/mol. The molecule has 4 nitrogen and oxygen atoms in total. The normalized spacial score (nSPS) is 11.1. The van der Waals surface area contributed by atoms with Crippen molar-refractivity contribution >= 4 is 27.0 Å². The molecule has 2 heterocycles. The molecule has 0 unspecified atom stereocenters. The van der Waals surface area contributed by atoms with Crippen LogP contribution in [0.25, 0.3) is 22.4 Å². The molecule has 1 aromatic carbocycles. The maximum atomic E-state index is 10.3. The Morgan fingerprint density at radius 2 is 1.95 bits per heavy atom. The van der Waals surface area contributed by atoms with E-state index in [0.717, 1.165) is 26.9 Å². The lowest BCUT2D eigenvalue weighted by Gasteiger charge is -2.03. The van der Waals surface area contributed by atoms with Crippen LogP contribution < -0.4 is 0 Å². The van der Waals surface area contributed by atoms with Gasteiger partial charge in [-0.2, -0.15) is 4.73 Å². The first-order valence-corrected chi connectivity index (χ1v) is 6.67. The highest BCUT2D eigenvalue weighted by molar-refractivity contribution is 9.10. The molecule has 3 aromatic rings. The minimum atomic E-state index is 0.486. The lowest BCUT2D eigenvalue weighted by molar-refractivity contribution is 0.203. The van der Waals surface area contributed by atoms with Crippen LogP contribution in [0.4, 0.5) is 0 Å². The molecule has 0 aliphatic heterocycles. The zero-order valence-electron chi connectivity index (χ0n) is 10.6. The highest BCUT2D eigenvalue weighted by Crippen LogP contribution is 2.29. The second kappa shape index (κ2) is 4.35. The van der Waals surface area contributed by atoms with Crippen molar-refractivity contribution in [3.63, 3.8) is 0 Å². The molecule has 1 N–H and O–H groups in total. The molecule has 0 fully saturated rings. The monoisotopic (exact) mass is 317 g/mol. The number of aryl methyl sites for hydroxylation is 2. The van der Waals surface area contributed by atoms with Crippen LogP contribution in [0.15, 0.2) is 35.1 Å². The third-order valence-corrected chi connectivity index (χ3v) is 3.88. The van der Waals surface area contributed by atoms with Gasteiger partial charge in [-0.05, 0) is 65.2 Å². The summed E-state index contributed by atoms with van der Waals surface area (Å²) in [6.07, 6.45) is 1.69. The Bertz CT molecular complexity index is 780. The first-order chi connectivity index (χ1) is 9.08. The van der Waals surface area contributed by atoms with E-state index in [1.165, 1.54) is 0 Å². The largest absolute Gasteiger partial charge is 0.426 e. The van der Waals surface area contributed by atoms with E-state index in [1.54, 1.807) is 6.20 Å². The fraction of sp³-hybridized carbons (Fsp3) is 0.143. The van der Waals surface area contributed by atoms with E-state index < -0.39 is 0 Å². The van der Waals surface area contributed by atoms with Gasteiger partial charge < -0.3 is 5.21 Å². The molecule has 0 amide bonds. The van der Waals surface area contributed by atoms with Gasteiger partial charge in [-0.25, -0.2) is 9.97 Å². The number of hydrogen-bond acceptors (Lipinski definition) is 3. The van der Waals surface area contributed by atoms with E-state index in [2.05, 4.69) is 25.9 Å². The highest BCUT2D eigenvalue weighted by Gasteiger charge is 2.15. The summed E-state index contributed by atoms with van der Waals surface area (Å²) in [6.45, 7) is 4.05. The van der Waals surface area contributed by atoms with E-state index in [9.17, 15) is 5.21 Å². The molecule has 3 rings (SSSR count). The molecule has 0 aliphatic carbocycles. The van der Waals surface area contributed by atoms with E-state index in [4.69, 9.17) is 0 Å². The summed E-state index contributed by atoms with van der Waals surface area (Å²) in [6, 6.07) is 7.59. The van der Waals surface area contributed by atoms with Gasteiger partial charge in [0.15, 0.2) is 5.82 Å². The second-order valence-corrected chi connectivity index (χ2v) is 5.27. The fourth-order valence-electron chi connectivity index (χ4n) is 2.05. The van der Waals surface area contributed by atoms with E-state index in [-0.39, 0.29) is 0 Å². The van der Waals surface area contributed by atoms with Crippen LogP contribution in [0.3, 0.4) is 0 Å². The van der Waals surface area contributed by atoms with Crippen LogP contribution in [0.2, 0.25) is 0 Å². The Hall–Kier alpha value is -1.88. The van der Waals surface area contributed by atoms with Crippen LogP contribution in [0, 0.1) is 13.8 Å². The van der Waals surface area contributed by atoms with Crippen LogP contribution in [0.5, 0.6) is 0 Å². The lowest BCUT2D eigenvalue weighted by atomic mass is 10.1. The minimum absolute atomic E-state index is 0.486. The Labute approximate surface area is 118 Å². The molecule has 5 heteroatoms. The molecule has 0 atom stereocenters. The summed E-state index contributed by atoms with van der Waals surface area (Å²) < 4.78 is 1.78. The number of aromatic nitrogens is 3. The SMILES string of the molecule is Cc1cc2nc(-c3cccnc3Br)n(O)c2cc1C. The smallest absolute Gasteiger partial charge is 0.179 e. The molecule has 0 spiro atoms. The van der Waals surface area contributed by atoms with Crippen LogP contribution >= 0.6 is 15.9 Å². The van der Waals surface area contributed by atoms with Crippen molar-refractivity contribution in [1.82, 2.24) is 14.7 Å². The quantitative estimate of drug-likeness (QED) is 0.549. The highest BCUT2D eigenvalue weighted by atomic mass is 79.9. The Kier molecular flexibility index (Phi) is 2.78. The Morgan fingerprint density at radius 3 is 2.68 bits per heavy atom. The zero-order chi connectivity index (χ0) is 13.6. The predicted octanol–water partition coefficient (Wildman–Crippen LogP) is 3.71. The van der Waals surface area contributed by atoms with Gasteiger partial charge in [0.2, 0.25) is 0 Å². The molecule has 0 saturated carbocycles. The number of pyridine rings is 1. The number of hydrogen-bond donors (Lipinski definition) is 1. The minimum Gasteiger partial charge on any atom is -0.426 e. The number of nitrogens with zero attached hydrogens (tertiary/aromatic N) is 3. The molecule has 0 aliphatic rings. The van der Waals surface area contributed by atoms with Gasteiger partial charge >= 0.3 is 0 Å². The van der Waals surface area contributed by atoms with Crippen molar-refractivity contribution in [1.29, 1.82) is 0 Å². The van der Waals surface area contributed by atoms with Crippen molar-refractivity contribution in [2.45, 2.75) is 13.8 Å². The van der Waals surface area contributed by atoms with Crippen LogP contribution in [0.1, 0.15) is 11.1 Å². The summed E-state index contributed by atoms with van der Waals surface area (Å²) in [5, 5.41) is 10.3. The Balaban J connectivity index is 2.32. The van der Waals surface area contributed by atoms with Crippen LogP contribution in [-0.2, 0) is 0 Å². The number of imidazole rings is 1. The van der Waals surface area contributed by atoms with E-state index >= 15 is 0 Å². The third-order valence-electron chi connectivity index (χ3n) is 3.25. The standard InChI is InChI=1S/C14H12BrN3O/c1-8-6-11-12(7-9(8)2)18(19)14(17-11)10-4-3-5-16-13(10)15/h3-7,19H,1-2H3. The molecule has 0 radical (unpaired) electrons. The summed E-state index contributed by atoms with van der Waals surface area (Å²) in [5.41, 5.74) is 4.52. The molecule has 0 saturated heterocycles. The maximum absolute atomic E-state index is 10.3. The number of rotatable bonds is 1. The van der Waals surface area contributed by atoms with Gasteiger partial charge in [0.25, 0.3) is 0 Å². The molecule has 0 bridgehead atoms. The average molecular weight is 318 g/mol. The van der Waals surface area contributed by atoms with Crippen molar-refractivity contribution < 1.29 is 5.21 Å². The average Bonchev–Trinajstić information content (AvgIpc) is 2.68. The summed E-state index contributed by atoms with van der Waals surface area (Å²) in [4.78, 5) is 8.64. The van der Waals surface area contributed by atoms with Crippen molar-refractivity contribution in [3.8, 4) is 11.4 Å². The van der Waals surface area contributed by atoms with Gasteiger partial charge in [-0.3, -0.25) is 0 Å². The summed E-state index contributed by atoms with van der Waals surface area (Å²) >= 11 is 3.38. The fourth-order valence-corrected chi connectivity index (χ4v) is 2.48. The number of benzene rings is 1. The van der Waals surface area contributed by atoms with E-state index in [1.807, 2.05) is 38.1 Å². The van der Waals surface area contributed by atoms with Crippen molar-refractivity contribution in [2.24, 2.45) is 0 Å². The summed E-state index contributed by atoms with van der Waals surface area (Å²) in [5.74, 6) is 0.486. The molecule has 2 aromatic heterocycles. The molecule has 19 heavy (non-hydrogen) atoms. The summed E-state index contributed by atoms with van der Waals surface area (Å²) in [7, 11) is 0. The van der Waals surface area contributed by atoms with Gasteiger partial charge in [-0.15, -0.1) is 0 Å². The van der Waals surface area contributed by atoms with Gasteiger partial charge in [0, 0.05) is 6.20 Å². The topological polar surface area (TPSA) is 50.9 Å². The molecular formula is C14H12BrN3O. The maximum Gasteiger partial charge on any atom is 0.179 e. The zero-order valence-corrected chi connectivity index (χ0v) is 12.1. The lowest BCUT2D eigenvalue weighted by Crippen LogP contribution is -1.95. The first-order valence-electron chi connectivity index (χ1n) is 5.88. The van der Waals surface area contributed by atoms with Crippen LogP contribution in [-0.4, -0.2) is 19.9 Å². The Morgan fingerprint density at radius 1 is 1.21 bits per heavy atom.